The fraction of sp³-hybridized carbons (Fsp3) is 0.208. The average Bonchev–Trinajstić information content (AvgIpc) is 2.82. The lowest BCUT2D eigenvalue weighted by molar-refractivity contribution is 0.0600. The van der Waals surface area contributed by atoms with Crippen LogP contribution >= 0.6 is 0 Å². The molecule has 3 aromatic rings. The van der Waals surface area contributed by atoms with E-state index in [0.29, 0.717) is 42.6 Å². The molecule has 0 heterocycles. The van der Waals surface area contributed by atoms with Crippen LogP contribution in [0.5, 0.6) is 17.2 Å². The summed E-state index contributed by atoms with van der Waals surface area (Å²) in [4.78, 5) is 11.6. The lowest BCUT2D eigenvalue weighted by Gasteiger charge is -2.14. The fourth-order valence-electron chi connectivity index (χ4n) is 2.85. The van der Waals surface area contributed by atoms with Gasteiger partial charge >= 0.3 is 5.97 Å². The molecular weight excluding hydrogens is 396 g/mol. The van der Waals surface area contributed by atoms with Gasteiger partial charge in [-0.2, -0.15) is 0 Å². The summed E-state index contributed by atoms with van der Waals surface area (Å²) in [5.41, 5.74) is 8.80. The maximum atomic E-state index is 11.6. The van der Waals surface area contributed by atoms with Gasteiger partial charge in [-0.25, -0.2) is 10.2 Å². The molecule has 0 radical (unpaired) electrons. The molecule has 31 heavy (non-hydrogen) atoms. The number of ether oxygens (including phenoxy) is 4. The average molecular weight is 422 g/mol. The molecular formula is C24H26N2O5. The number of carbonyl (C=O) groups excluding carboxylic acids is 1. The molecule has 0 unspecified atom stereocenters. The van der Waals surface area contributed by atoms with Crippen molar-refractivity contribution in [3.8, 4) is 17.2 Å². The third-order valence-electron chi connectivity index (χ3n) is 4.39. The summed E-state index contributed by atoms with van der Waals surface area (Å²) < 4.78 is 21.6. The van der Waals surface area contributed by atoms with Crippen molar-refractivity contribution in [3.63, 3.8) is 0 Å². The van der Waals surface area contributed by atoms with E-state index in [-0.39, 0.29) is 0 Å². The Bertz CT molecular complexity index is 979. The summed E-state index contributed by atoms with van der Waals surface area (Å²) in [6.45, 7) is 1.26. The van der Waals surface area contributed by atoms with Crippen LogP contribution in [0.25, 0.3) is 0 Å². The van der Waals surface area contributed by atoms with Gasteiger partial charge in [-0.1, -0.05) is 30.3 Å². The molecule has 2 N–H and O–H groups in total. The largest absolute Gasteiger partial charge is 0.493 e. The Balaban J connectivity index is 1.47. The zero-order valence-corrected chi connectivity index (χ0v) is 17.6. The summed E-state index contributed by atoms with van der Waals surface area (Å²) in [7, 11) is 2.95. The third-order valence-corrected chi connectivity index (χ3v) is 4.39. The van der Waals surface area contributed by atoms with E-state index in [1.165, 1.54) is 7.11 Å². The van der Waals surface area contributed by atoms with Gasteiger partial charge in [-0.3, -0.25) is 0 Å². The first kappa shape index (κ1) is 22.0. The van der Waals surface area contributed by atoms with Gasteiger partial charge in [0.1, 0.15) is 19.0 Å². The molecule has 162 valence electrons. The van der Waals surface area contributed by atoms with Crippen molar-refractivity contribution in [2.45, 2.75) is 6.54 Å². The number of methoxy groups -OCH3 is 2. The molecule has 0 atom stereocenters. The highest BCUT2D eigenvalue weighted by atomic mass is 16.5. The van der Waals surface area contributed by atoms with E-state index < -0.39 is 5.97 Å². The Hall–Kier alpha value is -3.71. The van der Waals surface area contributed by atoms with E-state index in [1.54, 1.807) is 31.4 Å². The van der Waals surface area contributed by atoms with Gasteiger partial charge in [0.05, 0.1) is 19.8 Å². The van der Waals surface area contributed by atoms with Crippen molar-refractivity contribution in [3.05, 3.63) is 83.9 Å². The Kier molecular flexibility index (Phi) is 8.13. The molecule has 0 aromatic heterocycles. The van der Waals surface area contributed by atoms with E-state index in [1.807, 2.05) is 48.5 Å². The summed E-state index contributed by atoms with van der Waals surface area (Å²) in [5.74, 6) is 1.45. The number of anilines is 1. The van der Waals surface area contributed by atoms with E-state index in [4.69, 9.17) is 18.9 Å². The van der Waals surface area contributed by atoms with Crippen molar-refractivity contribution in [1.82, 2.24) is 5.43 Å². The second-order valence-corrected chi connectivity index (χ2v) is 6.55. The molecule has 0 spiro atoms. The summed E-state index contributed by atoms with van der Waals surface area (Å²) in [6.07, 6.45) is 0. The van der Waals surface area contributed by atoms with Gasteiger partial charge in [0, 0.05) is 12.2 Å². The molecule has 0 fully saturated rings. The SMILES string of the molecule is COC(=O)c1cccc(OCCOc2ccc(CNNc3ccccc3)cc2OC)c1. The summed E-state index contributed by atoms with van der Waals surface area (Å²) >= 11 is 0. The van der Waals surface area contributed by atoms with Crippen molar-refractivity contribution < 1.29 is 23.7 Å². The van der Waals surface area contributed by atoms with Crippen molar-refractivity contribution in [2.24, 2.45) is 0 Å². The maximum absolute atomic E-state index is 11.6. The number of nitrogens with one attached hydrogen (secondary N) is 2. The monoisotopic (exact) mass is 422 g/mol. The van der Waals surface area contributed by atoms with E-state index in [9.17, 15) is 4.79 Å². The van der Waals surface area contributed by atoms with Crippen LogP contribution in [-0.4, -0.2) is 33.4 Å². The molecule has 0 saturated carbocycles. The predicted molar refractivity (Wildman–Crippen MR) is 119 cm³/mol. The second-order valence-electron chi connectivity index (χ2n) is 6.55. The topological polar surface area (TPSA) is 78.1 Å². The normalized spacial score (nSPS) is 10.3. The second kappa shape index (κ2) is 11.5. The number of rotatable bonds is 11. The lowest BCUT2D eigenvalue weighted by Crippen LogP contribution is -2.20. The minimum atomic E-state index is -0.403. The van der Waals surface area contributed by atoms with Crippen LogP contribution in [0.1, 0.15) is 15.9 Å². The molecule has 7 nitrogen and oxygen atoms in total. The Morgan fingerprint density at radius 3 is 2.42 bits per heavy atom. The number of esters is 1. The van der Waals surface area contributed by atoms with Crippen LogP contribution in [0.15, 0.2) is 72.8 Å². The molecule has 0 aliphatic heterocycles. The van der Waals surface area contributed by atoms with Crippen LogP contribution < -0.4 is 25.1 Å². The maximum Gasteiger partial charge on any atom is 0.337 e. The zero-order chi connectivity index (χ0) is 21.9. The Morgan fingerprint density at radius 1 is 0.839 bits per heavy atom. The first-order chi connectivity index (χ1) is 15.2. The quantitative estimate of drug-likeness (QED) is 0.274. The molecule has 3 rings (SSSR count). The number of para-hydroxylation sites is 1. The van der Waals surface area contributed by atoms with Gasteiger partial charge < -0.3 is 24.4 Å². The molecule has 0 aliphatic rings. The van der Waals surface area contributed by atoms with Crippen LogP contribution in [0.2, 0.25) is 0 Å². The van der Waals surface area contributed by atoms with E-state index >= 15 is 0 Å². The Morgan fingerprint density at radius 2 is 1.65 bits per heavy atom. The first-order valence-corrected chi connectivity index (χ1v) is 9.84. The van der Waals surface area contributed by atoms with Gasteiger partial charge in [-0.05, 0) is 48.0 Å². The summed E-state index contributed by atoms with van der Waals surface area (Å²) in [5, 5.41) is 0. The standard InChI is InChI=1S/C24H26N2O5/c1-28-23-15-18(17-25-26-20-8-4-3-5-9-20)11-12-22(23)31-14-13-30-21-10-6-7-19(16-21)24(27)29-2/h3-12,15-16,25-26H,13-14,17H2,1-2H3. The van der Waals surface area contributed by atoms with E-state index in [0.717, 1.165) is 11.3 Å². The van der Waals surface area contributed by atoms with Gasteiger partial charge in [0.25, 0.3) is 0 Å². The minimum absolute atomic E-state index is 0.318. The molecule has 3 aromatic carbocycles. The van der Waals surface area contributed by atoms with Crippen LogP contribution in [-0.2, 0) is 11.3 Å². The predicted octanol–water partition coefficient (Wildman–Crippen LogP) is 4.06. The summed E-state index contributed by atoms with van der Waals surface area (Å²) in [6, 6.07) is 22.5. The molecule has 0 amide bonds. The van der Waals surface area contributed by atoms with Gasteiger partial charge in [0.15, 0.2) is 11.5 Å². The number of hydrogen-bond acceptors (Lipinski definition) is 7. The Labute approximate surface area is 181 Å². The fourth-order valence-corrected chi connectivity index (χ4v) is 2.85. The van der Waals surface area contributed by atoms with Crippen molar-refractivity contribution >= 4 is 11.7 Å². The van der Waals surface area contributed by atoms with Gasteiger partial charge in [-0.15, -0.1) is 0 Å². The van der Waals surface area contributed by atoms with Crippen LogP contribution in [0.3, 0.4) is 0 Å². The number of benzene rings is 3. The first-order valence-electron chi connectivity index (χ1n) is 9.84. The highest BCUT2D eigenvalue weighted by Gasteiger charge is 2.08. The zero-order valence-electron chi connectivity index (χ0n) is 17.6. The molecule has 0 bridgehead atoms. The highest BCUT2D eigenvalue weighted by molar-refractivity contribution is 5.89. The number of hydrogen-bond donors (Lipinski definition) is 2. The number of carbonyl (C=O) groups is 1. The third kappa shape index (κ3) is 6.65. The molecule has 7 heteroatoms. The molecule has 0 saturated heterocycles. The lowest BCUT2D eigenvalue weighted by atomic mass is 10.2. The van der Waals surface area contributed by atoms with Gasteiger partial charge in [0.2, 0.25) is 0 Å². The van der Waals surface area contributed by atoms with E-state index in [2.05, 4.69) is 10.9 Å². The number of hydrazine groups is 1. The molecule has 0 aliphatic carbocycles. The van der Waals surface area contributed by atoms with Crippen LogP contribution in [0, 0.1) is 0 Å². The highest BCUT2D eigenvalue weighted by Crippen LogP contribution is 2.28. The van der Waals surface area contributed by atoms with Crippen LogP contribution in [0.4, 0.5) is 5.69 Å². The smallest absolute Gasteiger partial charge is 0.337 e. The van der Waals surface area contributed by atoms with Crippen molar-refractivity contribution in [2.75, 3.05) is 32.9 Å². The minimum Gasteiger partial charge on any atom is -0.493 e. The van der Waals surface area contributed by atoms with Crippen molar-refractivity contribution in [1.29, 1.82) is 0 Å².